The molecule has 0 aromatic heterocycles. The van der Waals surface area contributed by atoms with Crippen LogP contribution in [0.25, 0.3) is 21.9 Å². The number of hydrogen-bond donors (Lipinski definition) is 1. The lowest BCUT2D eigenvalue weighted by Gasteiger charge is -2.28. The van der Waals surface area contributed by atoms with Crippen molar-refractivity contribution in [3.63, 3.8) is 0 Å². The van der Waals surface area contributed by atoms with Crippen molar-refractivity contribution in [2.75, 3.05) is 0 Å². The molecule has 3 heteroatoms. The summed E-state index contributed by atoms with van der Waals surface area (Å²) in [6, 6.07) is 36.1. The molecule has 0 spiro atoms. The number of aliphatic hydroxyl groups is 1. The summed E-state index contributed by atoms with van der Waals surface area (Å²) in [7, 11) is 0. The summed E-state index contributed by atoms with van der Waals surface area (Å²) in [5.41, 5.74) is 3.18. The maximum atomic E-state index is 12.4. The zero-order chi connectivity index (χ0) is 21.7. The zero-order valence-electron chi connectivity index (χ0n) is 17.1. The molecule has 0 fully saturated rings. The highest BCUT2D eigenvalue weighted by molar-refractivity contribution is 9.10. The minimum Gasteiger partial charge on any atom is -0.456 e. The number of fused-ring (bicyclic) bond motifs is 4. The van der Waals surface area contributed by atoms with E-state index < -0.39 is 5.60 Å². The number of para-hydroxylation sites is 1. The first-order valence-electron chi connectivity index (χ1n) is 10.5. The fourth-order valence-corrected chi connectivity index (χ4v) is 5.14. The van der Waals surface area contributed by atoms with Crippen LogP contribution in [0.4, 0.5) is 0 Å². The van der Waals surface area contributed by atoms with E-state index in [1.807, 2.05) is 78.9 Å². The van der Waals surface area contributed by atoms with E-state index in [0.717, 1.165) is 48.8 Å². The van der Waals surface area contributed by atoms with Crippen LogP contribution in [-0.2, 0) is 5.60 Å². The second-order valence-corrected chi connectivity index (χ2v) is 8.94. The van der Waals surface area contributed by atoms with E-state index in [1.54, 1.807) is 0 Å². The lowest BCUT2D eigenvalue weighted by atomic mass is 9.84. The van der Waals surface area contributed by atoms with Crippen molar-refractivity contribution in [1.29, 1.82) is 0 Å². The first kappa shape index (κ1) is 19.3. The number of hydrogen-bond acceptors (Lipinski definition) is 2. The Morgan fingerprint density at radius 3 is 2.16 bits per heavy atom. The average molecular weight is 479 g/mol. The lowest BCUT2D eigenvalue weighted by Crippen LogP contribution is -2.26. The van der Waals surface area contributed by atoms with Crippen molar-refractivity contribution < 1.29 is 9.84 Å². The molecule has 154 valence electrons. The number of halogens is 1. The molecule has 0 aliphatic heterocycles. The van der Waals surface area contributed by atoms with Gasteiger partial charge in [-0.1, -0.05) is 101 Å². The number of benzene rings is 5. The molecular formula is C29H19BrO2. The van der Waals surface area contributed by atoms with Crippen LogP contribution in [0, 0.1) is 0 Å². The Labute approximate surface area is 194 Å². The molecular weight excluding hydrogens is 460 g/mol. The highest BCUT2D eigenvalue weighted by Gasteiger charge is 2.44. The molecule has 0 amide bonds. The summed E-state index contributed by atoms with van der Waals surface area (Å²) in [4.78, 5) is 0. The van der Waals surface area contributed by atoms with Gasteiger partial charge in [0.25, 0.3) is 0 Å². The molecule has 0 saturated carbocycles. The van der Waals surface area contributed by atoms with Crippen LogP contribution < -0.4 is 4.74 Å². The van der Waals surface area contributed by atoms with Crippen molar-refractivity contribution in [2.24, 2.45) is 0 Å². The monoisotopic (exact) mass is 478 g/mol. The van der Waals surface area contributed by atoms with Gasteiger partial charge in [0.15, 0.2) is 0 Å². The van der Waals surface area contributed by atoms with Crippen molar-refractivity contribution >= 4 is 26.7 Å². The van der Waals surface area contributed by atoms with Crippen LogP contribution in [0.5, 0.6) is 11.5 Å². The summed E-state index contributed by atoms with van der Waals surface area (Å²) in [6.45, 7) is 0. The fraction of sp³-hybridized carbons (Fsp3) is 0.0345. The van der Waals surface area contributed by atoms with Crippen LogP contribution in [-0.4, -0.2) is 5.11 Å². The Kier molecular flexibility index (Phi) is 4.42. The fourth-order valence-electron chi connectivity index (χ4n) is 4.78. The zero-order valence-corrected chi connectivity index (χ0v) is 18.7. The Morgan fingerprint density at radius 1 is 0.594 bits per heavy atom. The molecule has 1 unspecified atom stereocenters. The molecule has 5 aromatic rings. The molecule has 1 aliphatic rings. The van der Waals surface area contributed by atoms with Crippen molar-refractivity contribution in [3.05, 3.63) is 130 Å². The summed E-state index contributed by atoms with van der Waals surface area (Å²) in [5.74, 6) is 1.40. The first-order valence-corrected chi connectivity index (χ1v) is 11.3. The second-order valence-electron chi connectivity index (χ2n) is 8.02. The van der Waals surface area contributed by atoms with Crippen LogP contribution >= 0.6 is 15.9 Å². The summed E-state index contributed by atoms with van der Waals surface area (Å²) < 4.78 is 7.41. The van der Waals surface area contributed by atoms with Gasteiger partial charge in [0.1, 0.15) is 17.1 Å². The second kappa shape index (κ2) is 7.33. The minimum atomic E-state index is -1.32. The van der Waals surface area contributed by atoms with Gasteiger partial charge < -0.3 is 9.84 Å². The maximum Gasteiger partial charge on any atom is 0.145 e. The van der Waals surface area contributed by atoms with Gasteiger partial charge in [-0.25, -0.2) is 0 Å². The third-order valence-electron chi connectivity index (χ3n) is 6.22. The largest absolute Gasteiger partial charge is 0.456 e. The molecule has 0 radical (unpaired) electrons. The number of ether oxygens (including phenoxy) is 1. The molecule has 2 nitrogen and oxygen atoms in total. The molecule has 1 atom stereocenters. The van der Waals surface area contributed by atoms with Gasteiger partial charge in [0.05, 0.1) is 0 Å². The lowest BCUT2D eigenvalue weighted by molar-refractivity contribution is 0.128. The smallest absolute Gasteiger partial charge is 0.145 e. The van der Waals surface area contributed by atoms with E-state index in [-0.39, 0.29) is 0 Å². The maximum absolute atomic E-state index is 12.4. The van der Waals surface area contributed by atoms with E-state index in [2.05, 4.69) is 46.3 Å². The summed E-state index contributed by atoms with van der Waals surface area (Å²) in [5, 5.41) is 14.5. The molecule has 6 rings (SSSR count). The standard InChI is InChI=1S/C29H19BrO2/c30-20-16-17-23-22-11-3-4-12-24(22)29(31,26(23)18-20)25-13-5-6-14-28(25)32-27-15-7-9-19-8-1-2-10-21(19)27/h1-18,31H. The molecule has 5 aromatic carbocycles. The highest BCUT2D eigenvalue weighted by atomic mass is 79.9. The van der Waals surface area contributed by atoms with Crippen molar-refractivity contribution in [2.45, 2.75) is 5.60 Å². The van der Waals surface area contributed by atoms with Gasteiger partial charge >= 0.3 is 0 Å². The van der Waals surface area contributed by atoms with Crippen LogP contribution in [0.2, 0.25) is 0 Å². The van der Waals surface area contributed by atoms with Gasteiger partial charge in [-0.15, -0.1) is 0 Å². The third-order valence-corrected chi connectivity index (χ3v) is 6.72. The summed E-state index contributed by atoms with van der Waals surface area (Å²) in [6.07, 6.45) is 0. The number of rotatable bonds is 3. The Bertz CT molecular complexity index is 1480. The average Bonchev–Trinajstić information content (AvgIpc) is 3.08. The van der Waals surface area contributed by atoms with Crippen LogP contribution in [0.1, 0.15) is 16.7 Å². The van der Waals surface area contributed by atoms with Gasteiger partial charge in [-0.2, -0.15) is 0 Å². The first-order chi connectivity index (χ1) is 15.7. The SMILES string of the molecule is OC1(c2ccccc2Oc2cccc3ccccc23)c2ccccc2-c2ccc(Br)cc21. The van der Waals surface area contributed by atoms with Gasteiger partial charge in [-0.3, -0.25) is 0 Å². The van der Waals surface area contributed by atoms with Crippen LogP contribution in [0.3, 0.4) is 0 Å². The van der Waals surface area contributed by atoms with Gasteiger partial charge in [0, 0.05) is 26.5 Å². The predicted molar refractivity (Wildman–Crippen MR) is 132 cm³/mol. The molecule has 0 bridgehead atoms. The molecule has 0 saturated heterocycles. The van der Waals surface area contributed by atoms with E-state index in [1.165, 1.54) is 0 Å². The van der Waals surface area contributed by atoms with E-state index in [9.17, 15) is 5.11 Å². The molecule has 32 heavy (non-hydrogen) atoms. The predicted octanol–water partition coefficient (Wildman–Crippen LogP) is 7.66. The van der Waals surface area contributed by atoms with Crippen molar-refractivity contribution in [3.8, 4) is 22.6 Å². The van der Waals surface area contributed by atoms with Crippen molar-refractivity contribution in [1.82, 2.24) is 0 Å². The Balaban J connectivity index is 1.57. The topological polar surface area (TPSA) is 29.5 Å². The molecule has 1 aliphatic carbocycles. The Hall–Kier alpha value is -3.40. The highest BCUT2D eigenvalue weighted by Crippen LogP contribution is 2.53. The van der Waals surface area contributed by atoms with E-state index >= 15 is 0 Å². The molecule has 0 heterocycles. The quantitative estimate of drug-likeness (QED) is 0.288. The minimum absolute atomic E-state index is 0.633. The third kappa shape index (κ3) is 2.82. The van der Waals surface area contributed by atoms with Gasteiger partial charge in [0.2, 0.25) is 0 Å². The normalized spacial score (nSPS) is 16.6. The van der Waals surface area contributed by atoms with E-state index in [0.29, 0.717) is 5.75 Å². The van der Waals surface area contributed by atoms with Gasteiger partial charge in [-0.05, 0) is 40.8 Å². The summed E-state index contributed by atoms with van der Waals surface area (Å²) >= 11 is 3.59. The van der Waals surface area contributed by atoms with E-state index in [4.69, 9.17) is 4.74 Å². The Morgan fingerprint density at radius 2 is 1.25 bits per heavy atom. The molecule has 1 N–H and O–H groups in total. The van der Waals surface area contributed by atoms with Crippen LogP contribution in [0.15, 0.2) is 114 Å².